The number of benzene rings is 1. The third-order valence-electron chi connectivity index (χ3n) is 3.36. The molecule has 2 aromatic rings. The van der Waals surface area contributed by atoms with Crippen molar-refractivity contribution in [1.29, 1.82) is 0 Å². The van der Waals surface area contributed by atoms with Gasteiger partial charge >= 0.3 is 0 Å². The molecule has 2 rings (SSSR count). The molecule has 0 aliphatic rings. The lowest BCUT2D eigenvalue weighted by Crippen LogP contribution is -2.25. The smallest absolute Gasteiger partial charge is 0.128 e. The maximum atomic E-state index is 14.1. The fourth-order valence-electron chi connectivity index (χ4n) is 2.22. The highest BCUT2D eigenvalue weighted by molar-refractivity contribution is 6.30. The zero-order valence-electron chi connectivity index (χ0n) is 12.4. The average molecular weight is 307 g/mol. The van der Waals surface area contributed by atoms with Crippen LogP contribution < -0.4 is 5.32 Å². The Morgan fingerprint density at radius 2 is 2.10 bits per heavy atom. The molecule has 21 heavy (non-hydrogen) atoms. The molecule has 1 unspecified atom stereocenters. The van der Waals surface area contributed by atoms with Gasteiger partial charge in [0, 0.05) is 34.9 Å². The average Bonchev–Trinajstić information content (AvgIpc) is 2.48. The molecule has 1 N–H and O–H groups in total. The van der Waals surface area contributed by atoms with E-state index in [1.807, 2.05) is 25.3 Å². The minimum atomic E-state index is -0.236. The van der Waals surface area contributed by atoms with Crippen LogP contribution in [0.25, 0.3) is 0 Å². The summed E-state index contributed by atoms with van der Waals surface area (Å²) in [4.78, 5) is 4.41. The van der Waals surface area contributed by atoms with Gasteiger partial charge in [-0.1, -0.05) is 24.6 Å². The van der Waals surface area contributed by atoms with E-state index in [2.05, 4.69) is 17.2 Å². The minimum Gasteiger partial charge on any atom is -0.310 e. The van der Waals surface area contributed by atoms with Gasteiger partial charge in [0.25, 0.3) is 0 Å². The third kappa shape index (κ3) is 4.51. The Bertz CT molecular complexity index is 584. The molecule has 0 fully saturated rings. The van der Waals surface area contributed by atoms with Gasteiger partial charge in [-0.05, 0) is 49.7 Å². The summed E-state index contributed by atoms with van der Waals surface area (Å²) in [5, 5.41) is 3.93. The quantitative estimate of drug-likeness (QED) is 0.852. The molecule has 0 spiro atoms. The maximum Gasteiger partial charge on any atom is 0.128 e. The van der Waals surface area contributed by atoms with E-state index in [-0.39, 0.29) is 11.9 Å². The number of aryl methyl sites for hydroxylation is 1. The second-order valence-electron chi connectivity index (χ2n) is 5.20. The zero-order valence-corrected chi connectivity index (χ0v) is 13.1. The molecule has 1 aromatic heterocycles. The lowest BCUT2D eigenvalue weighted by Gasteiger charge is -2.19. The molecule has 1 aromatic carbocycles. The molecule has 0 amide bonds. The fourth-order valence-corrected chi connectivity index (χ4v) is 2.40. The number of pyridine rings is 1. The van der Waals surface area contributed by atoms with Crippen LogP contribution in [0.5, 0.6) is 0 Å². The van der Waals surface area contributed by atoms with Gasteiger partial charge in [0.15, 0.2) is 0 Å². The Hall–Kier alpha value is -1.45. The number of rotatable bonds is 6. The van der Waals surface area contributed by atoms with Crippen molar-refractivity contribution in [2.24, 2.45) is 0 Å². The maximum absolute atomic E-state index is 14.1. The van der Waals surface area contributed by atoms with E-state index in [0.717, 1.165) is 24.2 Å². The molecular weight excluding hydrogens is 287 g/mol. The molecule has 4 heteroatoms. The van der Waals surface area contributed by atoms with Crippen molar-refractivity contribution in [3.8, 4) is 0 Å². The van der Waals surface area contributed by atoms with Crippen molar-refractivity contribution in [2.75, 3.05) is 6.54 Å². The van der Waals surface area contributed by atoms with Gasteiger partial charge in [-0.3, -0.25) is 4.98 Å². The topological polar surface area (TPSA) is 24.9 Å². The summed E-state index contributed by atoms with van der Waals surface area (Å²) >= 11 is 6.01. The van der Waals surface area contributed by atoms with E-state index in [1.165, 1.54) is 6.07 Å². The van der Waals surface area contributed by atoms with Crippen molar-refractivity contribution in [3.63, 3.8) is 0 Å². The number of halogens is 2. The highest BCUT2D eigenvalue weighted by Crippen LogP contribution is 2.24. The van der Waals surface area contributed by atoms with Gasteiger partial charge in [0.1, 0.15) is 5.82 Å². The SMILES string of the molecule is CCCNC(Cc1ccc(C)cn1)c1cc(Cl)ccc1F. The molecule has 0 saturated heterocycles. The summed E-state index contributed by atoms with van der Waals surface area (Å²) in [7, 11) is 0. The predicted molar refractivity (Wildman–Crippen MR) is 85.1 cm³/mol. The van der Waals surface area contributed by atoms with Gasteiger partial charge in [-0.15, -0.1) is 0 Å². The van der Waals surface area contributed by atoms with Crippen molar-refractivity contribution in [2.45, 2.75) is 32.7 Å². The van der Waals surface area contributed by atoms with Crippen molar-refractivity contribution < 1.29 is 4.39 Å². The highest BCUT2D eigenvalue weighted by Gasteiger charge is 2.17. The molecule has 1 heterocycles. The van der Waals surface area contributed by atoms with Crippen LogP contribution in [0.4, 0.5) is 4.39 Å². The van der Waals surface area contributed by atoms with Gasteiger partial charge < -0.3 is 5.32 Å². The van der Waals surface area contributed by atoms with Gasteiger partial charge in [-0.2, -0.15) is 0 Å². The van der Waals surface area contributed by atoms with Crippen molar-refractivity contribution >= 4 is 11.6 Å². The molecule has 0 saturated carbocycles. The lowest BCUT2D eigenvalue weighted by atomic mass is 10.0. The molecular formula is C17H20ClFN2. The number of hydrogen-bond acceptors (Lipinski definition) is 2. The predicted octanol–water partition coefficient (Wildman–Crippen LogP) is 4.47. The zero-order chi connectivity index (χ0) is 15.2. The first-order chi connectivity index (χ1) is 10.1. The monoisotopic (exact) mass is 306 g/mol. The van der Waals surface area contributed by atoms with Gasteiger partial charge in [-0.25, -0.2) is 4.39 Å². The van der Waals surface area contributed by atoms with E-state index in [1.54, 1.807) is 12.1 Å². The normalized spacial score (nSPS) is 12.4. The van der Waals surface area contributed by atoms with E-state index in [9.17, 15) is 4.39 Å². The second kappa shape index (κ2) is 7.53. The first-order valence-electron chi connectivity index (χ1n) is 7.20. The van der Waals surface area contributed by atoms with Crippen LogP contribution in [0.2, 0.25) is 5.02 Å². The Labute approximate surface area is 130 Å². The van der Waals surface area contributed by atoms with Crippen molar-refractivity contribution in [3.05, 3.63) is 64.2 Å². The van der Waals surface area contributed by atoms with E-state index in [4.69, 9.17) is 11.6 Å². The van der Waals surface area contributed by atoms with E-state index < -0.39 is 0 Å². The van der Waals surface area contributed by atoms with Crippen LogP contribution in [0, 0.1) is 12.7 Å². The number of nitrogens with zero attached hydrogens (tertiary/aromatic N) is 1. The summed E-state index contributed by atoms with van der Waals surface area (Å²) in [6.45, 7) is 4.91. The van der Waals surface area contributed by atoms with Crippen LogP contribution in [0.15, 0.2) is 36.5 Å². The highest BCUT2D eigenvalue weighted by atomic mass is 35.5. The van der Waals surface area contributed by atoms with Crippen LogP contribution in [-0.2, 0) is 6.42 Å². The lowest BCUT2D eigenvalue weighted by molar-refractivity contribution is 0.493. The molecule has 1 atom stereocenters. The number of aromatic nitrogens is 1. The van der Waals surface area contributed by atoms with E-state index >= 15 is 0 Å². The Kier molecular flexibility index (Phi) is 5.71. The summed E-state index contributed by atoms with van der Waals surface area (Å²) < 4.78 is 14.1. The Morgan fingerprint density at radius 3 is 2.76 bits per heavy atom. The van der Waals surface area contributed by atoms with E-state index in [0.29, 0.717) is 17.0 Å². The molecule has 0 aliphatic heterocycles. The minimum absolute atomic E-state index is 0.126. The number of hydrogen-bond donors (Lipinski definition) is 1. The first-order valence-corrected chi connectivity index (χ1v) is 7.57. The van der Waals surface area contributed by atoms with Crippen molar-refractivity contribution in [1.82, 2.24) is 10.3 Å². The van der Waals surface area contributed by atoms with Crippen LogP contribution >= 0.6 is 11.6 Å². The van der Waals surface area contributed by atoms with Gasteiger partial charge in [0.2, 0.25) is 0 Å². The molecule has 0 radical (unpaired) electrons. The van der Waals surface area contributed by atoms with Gasteiger partial charge in [0.05, 0.1) is 0 Å². The molecule has 0 aliphatic carbocycles. The summed E-state index contributed by atoms with van der Waals surface area (Å²) in [6, 6.07) is 8.56. The van der Waals surface area contributed by atoms with Crippen LogP contribution in [0.3, 0.4) is 0 Å². The standard InChI is InChI=1S/C17H20ClFN2/c1-3-8-20-17(10-14-6-4-12(2)11-21-14)15-9-13(18)5-7-16(15)19/h4-7,9,11,17,20H,3,8,10H2,1-2H3. The summed E-state index contributed by atoms with van der Waals surface area (Å²) in [6.07, 6.45) is 3.46. The Morgan fingerprint density at radius 1 is 1.29 bits per heavy atom. The molecule has 0 bridgehead atoms. The molecule has 2 nitrogen and oxygen atoms in total. The summed E-state index contributed by atoms with van der Waals surface area (Å²) in [5.74, 6) is -0.236. The first kappa shape index (κ1) is 15.9. The van der Waals surface area contributed by atoms with Crippen LogP contribution in [-0.4, -0.2) is 11.5 Å². The second-order valence-corrected chi connectivity index (χ2v) is 5.64. The van der Waals surface area contributed by atoms with Crippen LogP contribution in [0.1, 0.15) is 36.2 Å². The largest absolute Gasteiger partial charge is 0.310 e. The fraction of sp³-hybridized carbons (Fsp3) is 0.353. The number of nitrogens with one attached hydrogen (secondary N) is 1. The Balaban J connectivity index is 2.25. The summed E-state index contributed by atoms with van der Waals surface area (Å²) in [5.41, 5.74) is 2.65. The molecule has 112 valence electrons. The third-order valence-corrected chi connectivity index (χ3v) is 3.60.